The zero-order valence-corrected chi connectivity index (χ0v) is 17.0. The minimum atomic E-state index is -0.0371. The molecule has 3 atom stereocenters. The number of rotatable bonds is 13. The van der Waals surface area contributed by atoms with Gasteiger partial charge in [-0.05, 0) is 71.1 Å². The summed E-state index contributed by atoms with van der Waals surface area (Å²) >= 11 is 0. The standard InChI is InChI=1S/C22H38O5/c1-19(27-22-15-6-9-18-26-22)11-10-13-20(23)12-4-2-3-7-16-24-21-14-5-8-17-25-21/h3,7,19,21-22H,2,4-6,8-18H2,1H3/b7-3+. The van der Waals surface area contributed by atoms with Crippen molar-refractivity contribution >= 4 is 5.78 Å². The second kappa shape index (κ2) is 14.3. The molecular weight excluding hydrogens is 344 g/mol. The molecule has 0 spiro atoms. The first-order chi connectivity index (χ1) is 13.2. The number of Topliss-reactive ketones (excluding diaryl/α,β-unsaturated/α-hetero) is 1. The maximum Gasteiger partial charge on any atom is 0.157 e. The molecule has 0 aliphatic carbocycles. The van der Waals surface area contributed by atoms with Crippen molar-refractivity contribution < 1.29 is 23.7 Å². The summed E-state index contributed by atoms with van der Waals surface area (Å²) in [7, 11) is 0. The number of carbonyl (C=O) groups excluding carboxylic acids is 1. The van der Waals surface area contributed by atoms with E-state index in [0.717, 1.165) is 64.6 Å². The molecule has 2 aliphatic rings. The highest BCUT2D eigenvalue weighted by molar-refractivity contribution is 5.78. The minimum absolute atomic E-state index is 0.0268. The van der Waals surface area contributed by atoms with Crippen molar-refractivity contribution in [1.82, 2.24) is 0 Å². The lowest BCUT2D eigenvalue weighted by Crippen LogP contribution is -2.26. The molecule has 0 saturated carbocycles. The van der Waals surface area contributed by atoms with Crippen LogP contribution in [0.1, 0.15) is 84.0 Å². The van der Waals surface area contributed by atoms with E-state index in [1.165, 1.54) is 12.8 Å². The van der Waals surface area contributed by atoms with E-state index in [-0.39, 0.29) is 18.7 Å². The van der Waals surface area contributed by atoms with Crippen molar-refractivity contribution in [2.45, 2.75) is 103 Å². The van der Waals surface area contributed by atoms with E-state index in [0.29, 0.717) is 25.2 Å². The van der Waals surface area contributed by atoms with Gasteiger partial charge in [0.25, 0.3) is 0 Å². The fraction of sp³-hybridized carbons (Fsp3) is 0.864. The fourth-order valence-electron chi connectivity index (χ4n) is 3.47. The van der Waals surface area contributed by atoms with Crippen LogP contribution in [-0.2, 0) is 23.7 Å². The van der Waals surface area contributed by atoms with Crippen LogP contribution in [0.3, 0.4) is 0 Å². The average molecular weight is 383 g/mol. The van der Waals surface area contributed by atoms with Crippen LogP contribution in [0.2, 0.25) is 0 Å². The first kappa shape index (κ1) is 22.5. The third-order valence-corrected chi connectivity index (χ3v) is 5.10. The second-order valence-corrected chi connectivity index (χ2v) is 7.67. The summed E-state index contributed by atoms with van der Waals surface area (Å²) in [6.45, 7) is 4.30. The van der Waals surface area contributed by atoms with Crippen molar-refractivity contribution in [3.63, 3.8) is 0 Å². The van der Waals surface area contributed by atoms with Gasteiger partial charge in [0.2, 0.25) is 0 Å². The van der Waals surface area contributed by atoms with E-state index < -0.39 is 0 Å². The Kier molecular flexibility index (Phi) is 11.9. The molecule has 0 N–H and O–H groups in total. The quantitative estimate of drug-likeness (QED) is 0.334. The number of ether oxygens (including phenoxy) is 4. The van der Waals surface area contributed by atoms with Crippen LogP contribution in [0.5, 0.6) is 0 Å². The van der Waals surface area contributed by atoms with Gasteiger partial charge in [-0.15, -0.1) is 0 Å². The van der Waals surface area contributed by atoms with Gasteiger partial charge in [-0.1, -0.05) is 12.2 Å². The lowest BCUT2D eigenvalue weighted by atomic mass is 10.1. The van der Waals surface area contributed by atoms with Crippen molar-refractivity contribution in [1.29, 1.82) is 0 Å². The number of hydrogen-bond donors (Lipinski definition) is 0. The molecule has 2 rings (SSSR count). The highest BCUT2D eigenvalue weighted by Gasteiger charge is 2.17. The summed E-state index contributed by atoms with van der Waals surface area (Å²) in [5, 5.41) is 0. The third-order valence-electron chi connectivity index (χ3n) is 5.10. The van der Waals surface area contributed by atoms with Crippen molar-refractivity contribution in [3.8, 4) is 0 Å². The Morgan fingerprint density at radius 3 is 2.41 bits per heavy atom. The lowest BCUT2D eigenvalue weighted by Gasteiger charge is -2.26. The predicted molar refractivity (Wildman–Crippen MR) is 106 cm³/mol. The second-order valence-electron chi connectivity index (χ2n) is 7.67. The lowest BCUT2D eigenvalue weighted by molar-refractivity contribution is -0.185. The summed E-state index contributed by atoms with van der Waals surface area (Å²) in [5.41, 5.74) is 0. The van der Waals surface area contributed by atoms with Gasteiger partial charge >= 0.3 is 0 Å². The van der Waals surface area contributed by atoms with Crippen LogP contribution in [0.4, 0.5) is 0 Å². The van der Waals surface area contributed by atoms with E-state index in [2.05, 4.69) is 13.0 Å². The van der Waals surface area contributed by atoms with Gasteiger partial charge in [-0.25, -0.2) is 0 Å². The molecule has 2 heterocycles. The molecule has 0 amide bonds. The van der Waals surface area contributed by atoms with Gasteiger partial charge < -0.3 is 18.9 Å². The Bertz CT molecular complexity index is 411. The smallest absolute Gasteiger partial charge is 0.157 e. The maximum atomic E-state index is 12.0. The molecule has 5 heteroatoms. The van der Waals surface area contributed by atoms with Crippen molar-refractivity contribution in [3.05, 3.63) is 12.2 Å². The van der Waals surface area contributed by atoms with Gasteiger partial charge in [0.15, 0.2) is 12.6 Å². The molecule has 2 saturated heterocycles. The molecule has 0 radical (unpaired) electrons. The number of unbranched alkanes of at least 4 members (excludes halogenated alkanes) is 1. The van der Waals surface area contributed by atoms with Crippen LogP contribution in [0.15, 0.2) is 12.2 Å². The van der Waals surface area contributed by atoms with E-state index in [1.54, 1.807) is 0 Å². The molecule has 5 nitrogen and oxygen atoms in total. The number of ketones is 1. The summed E-state index contributed by atoms with van der Waals surface area (Å²) in [4.78, 5) is 12.0. The van der Waals surface area contributed by atoms with Gasteiger partial charge in [0.05, 0.1) is 12.7 Å². The summed E-state index contributed by atoms with van der Waals surface area (Å²) in [6, 6.07) is 0. The monoisotopic (exact) mass is 382 g/mol. The zero-order chi connectivity index (χ0) is 19.2. The molecule has 2 aliphatic heterocycles. The molecule has 3 unspecified atom stereocenters. The molecule has 0 bridgehead atoms. The summed E-state index contributed by atoms with van der Waals surface area (Å²) in [6.07, 6.45) is 15.9. The molecule has 0 aromatic rings. The van der Waals surface area contributed by atoms with Crippen molar-refractivity contribution in [2.75, 3.05) is 19.8 Å². The van der Waals surface area contributed by atoms with E-state index in [4.69, 9.17) is 18.9 Å². The Morgan fingerprint density at radius 1 is 1.00 bits per heavy atom. The van der Waals surface area contributed by atoms with Crippen LogP contribution >= 0.6 is 0 Å². The third kappa shape index (κ3) is 11.0. The number of allylic oxidation sites excluding steroid dienone is 1. The molecule has 2 fully saturated rings. The Hall–Kier alpha value is -0.750. The van der Waals surface area contributed by atoms with E-state index in [1.807, 2.05) is 6.08 Å². The first-order valence-corrected chi connectivity index (χ1v) is 10.9. The molecular formula is C22H38O5. The summed E-state index contributed by atoms with van der Waals surface area (Å²) in [5.74, 6) is 0.358. The van der Waals surface area contributed by atoms with Crippen molar-refractivity contribution in [2.24, 2.45) is 0 Å². The minimum Gasteiger partial charge on any atom is -0.353 e. The van der Waals surface area contributed by atoms with Gasteiger partial charge in [0, 0.05) is 26.1 Å². The number of carbonyl (C=O) groups is 1. The SMILES string of the molecule is CC(CCCC(=O)CCC/C=C/COC1CCCCO1)OC1CCCCO1. The van der Waals surface area contributed by atoms with Gasteiger partial charge in [0.1, 0.15) is 5.78 Å². The zero-order valence-electron chi connectivity index (χ0n) is 17.0. The molecule has 156 valence electrons. The highest BCUT2D eigenvalue weighted by Crippen LogP contribution is 2.18. The number of hydrogen-bond acceptors (Lipinski definition) is 5. The normalized spacial score (nSPS) is 24.9. The predicted octanol–water partition coefficient (Wildman–Crippen LogP) is 4.93. The summed E-state index contributed by atoms with van der Waals surface area (Å²) < 4.78 is 22.6. The highest BCUT2D eigenvalue weighted by atomic mass is 16.7. The Balaban J connectivity index is 1.39. The Morgan fingerprint density at radius 2 is 1.70 bits per heavy atom. The maximum absolute atomic E-state index is 12.0. The van der Waals surface area contributed by atoms with Crippen LogP contribution in [0, 0.1) is 0 Å². The average Bonchev–Trinajstić information content (AvgIpc) is 2.69. The van der Waals surface area contributed by atoms with E-state index in [9.17, 15) is 4.79 Å². The first-order valence-electron chi connectivity index (χ1n) is 10.9. The molecule has 27 heavy (non-hydrogen) atoms. The van der Waals surface area contributed by atoms with Gasteiger partial charge in [-0.2, -0.15) is 0 Å². The van der Waals surface area contributed by atoms with Crippen LogP contribution in [-0.4, -0.2) is 44.3 Å². The fourth-order valence-corrected chi connectivity index (χ4v) is 3.47. The molecule has 0 aromatic heterocycles. The van der Waals surface area contributed by atoms with Crippen LogP contribution < -0.4 is 0 Å². The van der Waals surface area contributed by atoms with E-state index >= 15 is 0 Å². The topological polar surface area (TPSA) is 54.0 Å². The molecule has 0 aromatic carbocycles. The van der Waals surface area contributed by atoms with Gasteiger partial charge in [-0.3, -0.25) is 4.79 Å². The Labute approximate surface area is 164 Å². The van der Waals surface area contributed by atoms with Crippen LogP contribution in [0.25, 0.3) is 0 Å². The largest absolute Gasteiger partial charge is 0.353 e.